The maximum absolute atomic E-state index is 13.0. The van der Waals surface area contributed by atoms with Crippen molar-refractivity contribution in [3.05, 3.63) is 0 Å². The van der Waals surface area contributed by atoms with E-state index in [0.717, 1.165) is 108 Å². The molecule has 19 heteroatoms. The highest BCUT2D eigenvalue weighted by molar-refractivity contribution is 7.47. The molecule has 0 aliphatic heterocycles. The van der Waals surface area contributed by atoms with Crippen molar-refractivity contribution in [1.29, 1.82) is 0 Å². The summed E-state index contributed by atoms with van der Waals surface area (Å²) in [5.74, 6) is 0.106. The Kier molecular flexibility index (Phi) is 59.6. The number of unbranched alkanes of at least 4 members (excludes halogenated alkanes) is 36. The van der Waals surface area contributed by atoms with Crippen LogP contribution in [-0.4, -0.2) is 96.7 Å². The van der Waals surface area contributed by atoms with Crippen LogP contribution >= 0.6 is 15.6 Å². The third-order valence-electron chi connectivity index (χ3n) is 16.1. The van der Waals surface area contributed by atoms with Crippen LogP contribution < -0.4 is 0 Å². The minimum absolute atomic E-state index is 0.105. The molecule has 0 heterocycles. The second-order valence-corrected chi connectivity index (χ2v) is 29.6. The van der Waals surface area contributed by atoms with Crippen LogP contribution in [0.4, 0.5) is 0 Å². The van der Waals surface area contributed by atoms with Crippen molar-refractivity contribution in [2.24, 2.45) is 17.8 Å². The molecule has 0 spiro atoms. The highest BCUT2D eigenvalue weighted by Gasteiger charge is 2.30. The van der Waals surface area contributed by atoms with E-state index in [-0.39, 0.29) is 25.7 Å². The normalized spacial score (nSPS) is 14.2. The lowest BCUT2D eigenvalue weighted by Gasteiger charge is -2.21. The molecule has 0 radical (unpaired) electrons. The summed E-state index contributed by atoms with van der Waals surface area (Å²) < 4.78 is 68.3. The molecule has 0 aliphatic rings. The summed E-state index contributed by atoms with van der Waals surface area (Å²) in [6.45, 7) is 11.8. The Morgan fingerprint density at radius 3 is 0.764 bits per heavy atom. The number of carbonyl (C=O) groups excluding carboxylic acids is 4. The summed E-state index contributed by atoms with van der Waals surface area (Å²) in [5.41, 5.74) is 0. The molecule has 0 bridgehead atoms. The Hall–Kier alpha value is -1.94. The van der Waals surface area contributed by atoms with Gasteiger partial charge in [0.2, 0.25) is 0 Å². The van der Waals surface area contributed by atoms with Crippen LogP contribution in [-0.2, 0) is 65.4 Å². The first-order valence-electron chi connectivity index (χ1n) is 36.3. The van der Waals surface area contributed by atoms with Crippen molar-refractivity contribution < 1.29 is 80.2 Å². The fourth-order valence-electron chi connectivity index (χ4n) is 10.5. The average molecular weight is 1310 g/mol. The molecule has 0 saturated carbocycles. The fraction of sp³-hybridized carbons (Fsp3) is 0.943. The Morgan fingerprint density at radius 2 is 0.517 bits per heavy atom. The third kappa shape index (κ3) is 64.6. The van der Waals surface area contributed by atoms with Gasteiger partial charge in [-0.25, -0.2) is 9.13 Å². The van der Waals surface area contributed by atoms with Gasteiger partial charge >= 0.3 is 39.5 Å². The SMILES string of the molecule is CCCCCCCCCCCCCCC(=O)OC[C@H](COP(=O)(O)OC[C@H](O)COP(=O)(O)OC[C@@H](COC(=O)CCCCCCCCCCCC(C)C)OC(=O)CCCCCCCCCCCCC(C)C)OC(=O)CCCCCCCCCCCC(C)C. The molecule has 0 fully saturated rings. The molecule has 0 aromatic carbocycles. The zero-order valence-corrected chi connectivity index (χ0v) is 59.7. The van der Waals surface area contributed by atoms with E-state index in [1.165, 1.54) is 161 Å². The highest BCUT2D eigenvalue weighted by atomic mass is 31.2. The van der Waals surface area contributed by atoms with Crippen LogP contribution in [0.5, 0.6) is 0 Å². The number of rotatable bonds is 68. The first kappa shape index (κ1) is 87.1. The minimum atomic E-state index is -4.95. The van der Waals surface area contributed by atoms with E-state index in [2.05, 4.69) is 48.5 Å². The number of aliphatic hydroxyl groups is 1. The van der Waals surface area contributed by atoms with Crippen LogP contribution in [0, 0.1) is 17.8 Å². The maximum atomic E-state index is 13.0. The van der Waals surface area contributed by atoms with Crippen molar-refractivity contribution in [3.63, 3.8) is 0 Å². The van der Waals surface area contributed by atoms with Crippen molar-refractivity contribution in [2.45, 2.75) is 369 Å². The van der Waals surface area contributed by atoms with Crippen LogP contribution in [0.25, 0.3) is 0 Å². The van der Waals surface area contributed by atoms with E-state index >= 15 is 0 Å². The largest absolute Gasteiger partial charge is 0.472 e. The lowest BCUT2D eigenvalue weighted by molar-refractivity contribution is -0.161. The van der Waals surface area contributed by atoms with Gasteiger partial charge in [0.05, 0.1) is 26.4 Å². The number of hydrogen-bond acceptors (Lipinski definition) is 15. The molecule has 528 valence electrons. The van der Waals surface area contributed by atoms with E-state index in [4.69, 9.17) is 37.0 Å². The third-order valence-corrected chi connectivity index (χ3v) is 18.0. The van der Waals surface area contributed by atoms with Crippen LogP contribution in [0.15, 0.2) is 0 Å². The van der Waals surface area contributed by atoms with Crippen LogP contribution in [0.2, 0.25) is 0 Å². The molecule has 17 nitrogen and oxygen atoms in total. The zero-order valence-electron chi connectivity index (χ0n) is 57.9. The van der Waals surface area contributed by atoms with Gasteiger partial charge in [-0.2, -0.15) is 0 Å². The number of carbonyl (C=O) groups is 4. The van der Waals surface area contributed by atoms with Crippen molar-refractivity contribution in [3.8, 4) is 0 Å². The van der Waals surface area contributed by atoms with Crippen molar-refractivity contribution in [2.75, 3.05) is 39.6 Å². The summed E-state index contributed by atoms with van der Waals surface area (Å²) in [6, 6.07) is 0. The summed E-state index contributed by atoms with van der Waals surface area (Å²) in [4.78, 5) is 72.6. The molecule has 89 heavy (non-hydrogen) atoms. The maximum Gasteiger partial charge on any atom is 0.472 e. The summed E-state index contributed by atoms with van der Waals surface area (Å²) in [7, 11) is -9.90. The molecular weight excluding hydrogens is 1170 g/mol. The highest BCUT2D eigenvalue weighted by Crippen LogP contribution is 2.45. The number of phosphoric ester groups is 2. The molecular formula is C70H136O17P2. The first-order valence-corrected chi connectivity index (χ1v) is 39.3. The van der Waals surface area contributed by atoms with Crippen molar-refractivity contribution in [1.82, 2.24) is 0 Å². The molecule has 0 aromatic rings. The monoisotopic (exact) mass is 1310 g/mol. The molecule has 0 rings (SSSR count). The predicted octanol–water partition coefficient (Wildman–Crippen LogP) is 19.8. The van der Waals surface area contributed by atoms with E-state index in [9.17, 15) is 43.2 Å². The van der Waals surface area contributed by atoms with E-state index in [1.54, 1.807) is 0 Å². The fourth-order valence-corrected chi connectivity index (χ4v) is 12.1. The van der Waals surface area contributed by atoms with Crippen molar-refractivity contribution >= 4 is 39.5 Å². The number of hydrogen-bond donors (Lipinski definition) is 3. The van der Waals surface area contributed by atoms with Gasteiger partial charge in [0.15, 0.2) is 12.2 Å². The molecule has 0 saturated heterocycles. The molecule has 0 aromatic heterocycles. The second kappa shape index (κ2) is 61.0. The van der Waals surface area contributed by atoms with Gasteiger partial charge in [-0.1, -0.05) is 299 Å². The number of aliphatic hydroxyl groups excluding tert-OH is 1. The van der Waals surface area contributed by atoms with Gasteiger partial charge in [-0.05, 0) is 43.4 Å². The summed E-state index contributed by atoms with van der Waals surface area (Å²) in [6.07, 6.45) is 44.3. The number of esters is 4. The smallest absolute Gasteiger partial charge is 0.462 e. The number of ether oxygens (including phenoxy) is 4. The molecule has 0 amide bonds. The van der Waals surface area contributed by atoms with Gasteiger partial charge < -0.3 is 33.8 Å². The topological polar surface area (TPSA) is 237 Å². The van der Waals surface area contributed by atoms with Gasteiger partial charge in [0.1, 0.15) is 19.3 Å². The molecule has 5 atom stereocenters. The quantitative estimate of drug-likeness (QED) is 0.0222. The average Bonchev–Trinajstić information content (AvgIpc) is 3.58. The molecule has 3 N–H and O–H groups in total. The lowest BCUT2D eigenvalue weighted by Crippen LogP contribution is -2.30. The second-order valence-electron chi connectivity index (χ2n) is 26.7. The lowest BCUT2D eigenvalue weighted by atomic mass is 10.0. The van der Waals surface area contributed by atoms with Crippen LogP contribution in [0.1, 0.15) is 350 Å². The van der Waals surface area contributed by atoms with Gasteiger partial charge in [-0.3, -0.25) is 37.3 Å². The Balaban J connectivity index is 5.26. The Morgan fingerprint density at radius 1 is 0.303 bits per heavy atom. The van der Waals surface area contributed by atoms with Crippen LogP contribution in [0.3, 0.4) is 0 Å². The minimum Gasteiger partial charge on any atom is -0.462 e. The van der Waals surface area contributed by atoms with E-state index < -0.39 is 97.5 Å². The summed E-state index contributed by atoms with van der Waals surface area (Å²) >= 11 is 0. The molecule has 2 unspecified atom stereocenters. The summed E-state index contributed by atoms with van der Waals surface area (Å²) in [5, 5.41) is 10.6. The predicted molar refractivity (Wildman–Crippen MR) is 358 cm³/mol. The van der Waals surface area contributed by atoms with E-state index in [0.29, 0.717) is 25.7 Å². The number of phosphoric acid groups is 2. The Labute approximate surface area is 543 Å². The molecule has 0 aliphatic carbocycles. The standard InChI is InChI=1S/C70H136O17P2/c1-8-9-10-11-12-13-14-15-23-30-37-44-51-67(72)80-57-66(87-70(75)54-47-40-33-26-19-22-29-36-43-50-63(6)7)60-85-89(78,79)83-56-64(71)55-82-88(76,77)84-59-65(58-81-68(73)52-45-38-31-25-18-21-28-35-42-49-62(4)5)86-69(74)53-46-39-32-24-17-16-20-27-34-41-48-61(2)3/h61-66,71H,8-60H2,1-7H3,(H,76,77)(H,78,79)/t64-,65-,66-/m1/s1. The van der Waals surface area contributed by atoms with E-state index in [1.807, 2.05) is 0 Å². The van der Waals surface area contributed by atoms with Gasteiger partial charge in [0.25, 0.3) is 0 Å². The van der Waals surface area contributed by atoms with Gasteiger partial charge in [-0.15, -0.1) is 0 Å². The Bertz CT molecular complexity index is 1750. The van der Waals surface area contributed by atoms with Gasteiger partial charge in [0, 0.05) is 25.7 Å². The zero-order chi connectivity index (χ0) is 65.9. The first-order chi connectivity index (χ1) is 42.7.